The zero-order valence-corrected chi connectivity index (χ0v) is 21.3. The van der Waals surface area contributed by atoms with Gasteiger partial charge in [0.2, 0.25) is 11.4 Å². The summed E-state index contributed by atoms with van der Waals surface area (Å²) in [6.45, 7) is 5.16. The molecule has 1 aliphatic rings. The molecule has 1 amide bonds. The molecule has 1 rings (SSSR count). The third-order valence-corrected chi connectivity index (χ3v) is 6.65. The van der Waals surface area contributed by atoms with Gasteiger partial charge in [-0.25, -0.2) is 4.79 Å². The maximum Gasteiger partial charge on any atom is 0.342 e. The number of likely N-dealkylation sites (tertiary alicyclic amines) is 1. The Morgan fingerprint density at radius 1 is 0.879 bits per heavy atom. The van der Waals surface area contributed by atoms with Crippen LogP contribution in [0.25, 0.3) is 0 Å². The van der Waals surface area contributed by atoms with Crippen LogP contribution in [-0.2, 0) is 19.1 Å². The van der Waals surface area contributed by atoms with E-state index in [-0.39, 0.29) is 19.6 Å². The van der Waals surface area contributed by atoms with Gasteiger partial charge in [-0.3, -0.25) is 9.59 Å². The summed E-state index contributed by atoms with van der Waals surface area (Å²) in [5.41, 5.74) is -1.88. The minimum Gasteiger partial charge on any atom is -0.464 e. The van der Waals surface area contributed by atoms with Gasteiger partial charge in [0.1, 0.15) is 0 Å². The fourth-order valence-electron chi connectivity index (χ4n) is 4.66. The number of Topliss-reactive ketones (excluding diaryl/α,β-unsaturated/α-hetero) is 1. The van der Waals surface area contributed by atoms with Crippen LogP contribution in [0.5, 0.6) is 0 Å². The van der Waals surface area contributed by atoms with Crippen LogP contribution < -0.4 is 0 Å². The lowest BCUT2D eigenvalue weighted by Gasteiger charge is -2.35. The largest absolute Gasteiger partial charge is 0.464 e. The summed E-state index contributed by atoms with van der Waals surface area (Å²) >= 11 is 0. The van der Waals surface area contributed by atoms with Crippen LogP contribution in [0.2, 0.25) is 0 Å². The van der Waals surface area contributed by atoms with Crippen LogP contribution in [-0.4, -0.2) is 52.5 Å². The van der Waals surface area contributed by atoms with Crippen LogP contribution in [0.1, 0.15) is 117 Å². The fourth-order valence-corrected chi connectivity index (χ4v) is 4.66. The number of hydrogen-bond acceptors (Lipinski definition) is 5. The van der Waals surface area contributed by atoms with Gasteiger partial charge in [-0.2, -0.15) is 0 Å². The van der Waals surface area contributed by atoms with Gasteiger partial charge in [0.25, 0.3) is 0 Å². The van der Waals surface area contributed by atoms with Crippen LogP contribution in [0.3, 0.4) is 0 Å². The van der Waals surface area contributed by atoms with Crippen LogP contribution in [0.4, 0.5) is 0 Å². The van der Waals surface area contributed by atoms with E-state index < -0.39 is 29.3 Å². The number of ether oxygens (including phenoxy) is 1. The Kier molecular flexibility index (Phi) is 15.0. The molecule has 190 valence electrons. The van der Waals surface area contributed by atoms with E-state index in [0.717, 1.165) is 30.6 Å². The van der Waals surface area contributed by atoms with Crippen molar-refractivity contribution in [2.75, 3.05) is 13.2 Å². The molecular formula is C27H47NO5. The number of aliphatic hydroxyl groups is 1. The van der Waals surface area contributed by atoms with Gasteiger partial charge >= 0.3 is 5.97 Å². The molecular weight excluding hydrogens is 418 g/mol. The van der Waals surface area contributed by atoms with Gasteiger partial charge in [0, 0.05) is 13.5 Å². The number of carbonyl (C=O) groups excluding carboxylic acids is 3. The highest BCUT2D eigenvalue weighted by Gasteiger charge is 2.60. The molecule has 6 nitrogen and oxygen atoms in total. The molecule has 1 heterocycles. The molecule has 0 bridgehead atoms. The third-order valence-electron chi connectivity index (χ3n) is 6.65. The fraction of sp³-hybridized carbons (Fsp3) is 0.815. The first-order valence-corrected chi connectivity index (χ1v) is 13.2. The number of aliphatic hydroxyl groups excluding tert-OH is 1. The average Bonchev–Trinajstić information content (AvgIpc) is 3.14. The van der Waals surface area contributed by atoms with Gasteiger partial charge in [-0.1, -0.05) is 76.9 Å². The molecule has 0 radical (unpaired) electrons. The second-order valence-electron chi connectivity index (χ2n) is 9.37. The Labute approximate surface area is 201 Å². The standard InChI is InChI=1S/C27H47NO5/c1-4-5-6-7-8-9-10-11-12-13-14-15-16-17-18-19-22-33-26(32)27(23(2)29)25(31)20-21-28(27)24(3)30/h11-12,25,31H,4-10,13-22H2,1-3H3/b12-11-. The van der Waals surface area contributed by atoms with E-state index in [1.54, 1.807) is 0 Å². The average molecular weight is 466 g/mol. The third kappa shape index (κ3) is 9.60. The Balaban J connectivity index is 2.10. The van der Waals surface area contributed by atoms with Crippen LogP contribution in [0, 0.1) is 0 Å². The molecule has 0 aromatic rings. The number of rotatable bonds is 18. The van der Waals surface area contributed by atoms with E-state index in [9.17, 15) is 19.5 Å². The first kappa shape index (κ1) is 29.3. The van der Waals surface area contributed by atoms with Crippen molar-refractivity contribution in [1.29, 1.82) is 0 Å². The minimum absolute atomic E-state index is 0.180. The second kappa shape index (κ2) is 16.9. The highest BCUT2D eigenvalue weighted by Crippen LogP contribution is 2.32. The van der Waals surface area contributed by atoms with Gasteiger partial charge < -0.3 is 14.7 Å². The number of ketones is 1. The SMILES string of the molecule is CCCCCCCC/C=C\CCCCCCCCOC(=O)C1(C(C)=O)C(O)CCN1C(C)=O. The van der Waals surface area contributed by atoms with Crippen LogP contribution >= 0.6 is 0 Å². The monoisotopic (exact) mass is 465 g/mol. The van der Waals surface area contributed by atoms with E-state index in [1.807, 2.05) is 0 Å². The molecule has 0 spiro atoms. The molecule has 1 N–H and O–H groups in total. The molecule has 1 saturated heterocycles. The molecule has 0 aliphatic carbocycles. The molecule has 2 unspecified atom stereocenters. The number of hydrogen-bond donors (Lipinski definition) is 1. The predicted octanol–water partition coefficient (Wildman–Crippen LogP) is 5.51. The first-order chi connectivity index (χ1) is 15.9. The van der Waals surface area contributed by atoms with E-state index >= 15 is 0 Å². The number of carbonyl (C=O) groups is 3. The number of amides is 1. The summed E-state index contributed by atoms with van der Waals surface area (Å²) < 4.78 is 5.34. The van der Waals surface area contributed by atoms with Crippen molar-refractivity contribution in [3.8, 4) is 0 Å². The van der Waals surface area contributed by atoms with Crippen molar-refractivity contribution in [2.24, 2.45) is 0 Å². The summed E-state index contributed by atoms with van der Waals surface area (Å²) in [6.07, 6.45) is 20.4. The normalized spacial score (nSPS) is 20.5. The number of nitrogens with zero attached hydrogens (tertiary/aromatic N) is 1. The number of allylic oxidation sites excluding steroid dienone is 2. The number of unbranched alkanes of at least 4 members (excludes halogenated alkanes) is 12. The topological polar surface area (TPSA) is 83.9 Å². The summed E-state index contributed by atoms with van der Waals surface area (Å²) in [5.74, 6) is -1.76. The number of esters is 1. The first-order valence-electron chi connectivity index (χ1n) is 13.2. The summed E-state index contributed by atoms with van der Waals surface area (Å²) in [4.78, 5) is 38.0. The smallest absolute Gasteiger partial charge is 0.342 e. The quantitative estimate of drug-likeness (QED) is 0.125. The molecule has 2 atom stereocenters. The molecule has 0 aromatic carbocycles. The Morgan fingerprint density at radius 3 is 1.91 bits per heavy atom. The van der Waals surface area contributed by atoms with Gasteiger partial charge in [-0.15, -0.1) is 0 Å². The van der Waals surface area contributed by atoms with E-state index in [1.165, 1.54) is 71.6 Å². The molecule has 1 aliphatic heterocycles. The highest BCUT2D eigenvalue weighted by atomic mass is 16.5. The van der Waals surface area contributed by atoms with E-state index in [2.05, 4.69) is 19.1 Å². The maximum absolute atomic E-state index is 12.7. The minimum atomic E-state index is -1.88. The van der Waals surface area contributed by atoms with E-state index in [4.69, 9.17) is 4.74 Å². The lowest BCUT2D eigenvalue weighted by atomic mass is 9.88. The molecule has 0 saturated carbocycles. The molecule has 0 aromatic heterocycles. The van der Waals surface area contributed by atoms with Gasteiger partial charge in [0.15, 0.2) is 5.78 Å². The zero-order valence-electron chi connectivity index (χ0n) is 21.3. The highest BCUT2D eigenvalue weighted by molar-refractivity contribution is 6.11. The molecule has 6 heteroatoms. The van der Waals surface area contributed by atoms with Crippen molar-refractivity contribution < 1.29 is 24.2 Å². The van der Waals surface area contributed by atoms with Crippen molar-refractivity contribution in [3.63, 3.8) is 0 Å². The molecule has 1 fully saturated rings. The maximum atomic E-state index is 12.7. The summed E-state index contributed by atoms with van der Waals surface area (Å²) in [7, 11) is 0. The Bertz CT molecular complexity index is 618. The van der Waals surface area contributed by atoms with Crippen molar-refractivity contribution in [3.05, 3.63) is 12.2 Å². The van der Waals surface area contributed by atoms with Gasteiger partial charge in [-0.05, 0) is 45.4 Å². The Hall–Kier alpha value is -1.69. The zero-order chi connectivity index (χ0) is 24.5. The summed E-state index contributed by atoms with van der Waals surface area (Å²) in [6, 6.07) is 0. The van der Waals surface area contributed by atoms with Gasteiger partial charge in [0.05, 0.1) is 12.7 Å². The Morgan fingerprint density at radius 2 is 1.39 bits per heavy atom. The lowest BCUT2D eigenvalue weighted by molar-refractivity contribution is -0.170. The van der Waals surface area contributed by atoms with Crippen molar-refractivity contribution in [1.82, 2.24) is 4.90 Å². The predicted molar refractivity (Wildman–Crippen MR) is 132 cm³/mol. The second-order valence-corrected chi connectivity index (χ2v) is 9.37. The lowest BCUT2D eigenvalue weighted by Crippen LogP contribution is -2.63. The van der Waals surface area contributed by atoms with E-state index in [0.29, 0.717) is 6.42 Å². The van der Waals surface area contributed by atoms with Crippen molar-refractivity contribution >= 4 is 17.7 Å². The van der Waals surface area contributed by atoms with Crippen LogP contribution in [0.15, 0.2) is 12.2 Å². The molecule has 33 heavy (non-hydrogen) atoms. The summed E-state index contributed by atoms with van der Waals surface area (Å²) in [5, 5.41) is 10.3. The van der Waals surface area contributed by atoms with Crippen molar-refractivity contribution in [2.45, 2.75) is 129 Å².